The predicted octanol–water partition coefficient (Wildman–Crippen LogP) is 3.67. The van der Waals surface area contributed by atoms with E-state index >= 15 is 0 Å². The zero-order valence-corrected chi connectivity index (χ0v) is 12.4. The van der Waals surface area contributed by atoms with Crippen molar-refractivity contribution < 1.29 is 0 Å². The third-order valence-electron chi connectivity index (χ3n) is 4.07. The minimum Gasteiger partial charge on any atom is -0.370 e. The van der Waals surface area contributed by atoms with E-state index in [0.29, 0.717) is 0 Å². The summed E-state index contributed by atoms with van der Waals surface area (Å²) in [6.45, 7) is 7.47. The fourth-order valence-corrected chi connectivity index (χ4v) is 2.98. The second-order valence-electron chi connectivity index (χ2n) is 5.44. The molecule has 106 valence electrons. The lowest BCUT2D eigenvalue weighted by Crippen LogP contribution is -2.36. The van der Waals surface area contributed by atoms with E-state index in [4.69, 9.17) is 0 Å². The van der Waals surface area contributed by atoms with Crippen LogP contribution in [0.3, 0.4) is 0 Å². The summed E-state index contributed by atoms with van der Waals surface area (Å²) in [6, 6.07) is 5.08. The molecule has 19 heavy (non-hydrogen) atoms. The smallest absolute Gasteiger partial charge is 0.125 e. The van der Waals surface area contributed by atoms with Gasteiger partial charge in [0.25, 0.3) is 0 Å². The summed E-state index contributed by atoms with van der Waals surface area (Å²) in [7, 11) is 0. The van der Waals surface area contributed by atoms with Gasteiger partial charge in [-0.25, -0.2) is 4.98 Å². The van der Waals surface area contributed by atoms with Crippen LogP contribution in [0.15, 0.2) is 18.3 Å². The Morgan fingerprint density at radius 2 is 2.00 bits per heavy atom. The molecule has 0 radical (unpaired) electrons. The quantitative estimate of drug-likeness (QED) is 0.847. The topological polar surface area (TPSA) is 28.2 Å². The Morgan fingerprint density at radius 3 is 2.58 bits per heavy atom. The highest BCUT2D eigenvalue weighted by molar-refractivity contribution is 5.35. The number of anilines is 1. The molecule has 0 aliphatic heterocycles. The molecule has 0 unspecified atom stereocenters. The molecule has 0 aromatic carbocycles. The first-order valence-corrected chi connectivity index (χ1v) is 7.76. The van der Waals surface area contributed by atoms with Crippen molar-refractivity contribution in [2.24, 2.45) is 0 Å². The van der Waals surface area contributed by atoms with Gasteiger partial charge in [-0.2, -0.15) is 0 Å². The average molecular weight is 261 g/mol. The molecule has 1 aliphatic carbocycles. The summed E-state index contributed by atoms with van der Waals surface area (Å²) >= 11 is 0. The lowest BCUT2D eigenvalue weighted by molar-refractivity contribution is 0.156. The van der Waals surface area contributed by atoms with Crippen LogP contribution in [-0.2, 0) is 6.54 Å². The van der Waals surface area contributed by atoms with Crippen LogP contribution < -0.4 is 5.32 Å². The van der Waals surface area contributed by atoms with Gasteiger partial charge < -0.3 is 5.32 Å². The van der Waals surface area contributed by atoms with E-state index in [0.717, 1.165) is 31.5 Å². The summed E-state index contributed by atoms with van der Waals surface area (Å²) in [5.41, 5.74) is 1.33. The van der Waals surface area contributed by atoms with E-state index in [-0.39, 0.29) is 0 Å². The van der Waals surface area contributed by atoms with Gasteiger partial charge >= 0.3 is 0 Å². The highest BCUT2D eigenvalue weighted by Gasteiger charge is 2.19. The summed E-state index contributed by atoms with van der Waals surface area (Å²) in [6.07, 6.45) is 8.99. The Balaban J connectivity index is 1.93. The van der Waals surface area contributed by atoms with Gasteiger partial charge in [-0.1, -0.05) is 32.3 Å². The van der Waals surface area contributed by atoms with Gasteiger partial charge in [-0.15, -0.1) is 0 Å². The third-order valence-corrected chi connectivity index (χ3v) is 4.07. The van der Waals surface area contributed by atoms with Crippen molar-refractivity contribution in [1.82, 2.24) is 9.88 Å². The molecular weight excluding hydrogens is 234 g/mol. The maximum atomic E-state index is 4.46. The van der Waals surface area contributed by atoms with E-state index in [1.54, 1.807) is 0 Å². The molecule has 0 spiro atoms. The van der Waals surface area contributed by atoms with Gasteiger partial charge in [-0.05, 0) is 37.9 Å². The summed E-state index contributed by atoms with van der Waals surface area (Å²) in [4.78, 5) is 7.08. The molecule has 0 bridgehead atoms. The summed E-state index contributed by atoms with van der Waals surface area (Å²) in [5.74, 6) is 0.979. The normalized spacial score (nSPS) is 16.8. The standard InChI is InChI=1S/C16H27N3/c1-3-17-16-11-10-14(12-18-16)13-19(4-2)15-8-6-5-7-9-15/h10-12,15H,3-9,13H2,1-2H3,(H,17,18). The number of aromatic nitrogens is 1. The number of nitrogens with one attached hydrogen (secondary N) is 1. The fourth-order valence-electron chi connectivity index (χ4n) is 2.98. The van der Waals surface area contributed by atoms with Crippen molar-refractivity contribution in [3.05, 3.63) is 23.9 Å². The van der Waals surface area contributed by atoms with Crippen molar-refractivity contribution in [2.45, 2.75) is 58.5 Å². The molecule has 3 nitrogen and oxygen atoms in total. The van der Waals surface area contributed by atoms with E-state index in [1.807, 2.05) is 6.20 Å². The molecule has 1 aliphatic rings. The molecule has 1 aromatic rings. The highest BCUT2D eigenvalue weighted by atomic mass is 15.1. The largest absolute Gasteiger partial charge is 0.370 e. The number of rotatable bonds is 6. The van der Waals surface area contributed by atoms with Crippen molar-refractivity contribution in [3.8, 4) is 0 Å². The summed E-state index contributed by atoms with van der Waals surface area (Å²) < 4.78 is 0. The van der Waals surface area contributed by atoms with Gasteiger partial charge in [0, 0.05) is 25.3 Å². The second kappa shape index (κ2) is 7.49. The third kappa shape index (κ3) is 4.20. The molecule has 1 saturated carbocycles. The number of nitrogens with zero attached hydrogens (tertiary/aromatic N) is 2. The molecule has 1 N–H and O–H groups in total. The van der Waals surface area contributed by atoms with Crippen LogP contribution in [0, 0.1) is 0 Å². The molecule has 0 amide bonds. The first-order chi connectivity index (χ1) is 9.33. The first kappa shape index (κ1) is 14.3. The van der Waals surface area contributed by atoms with Crippen molar-refractivity contribution in [2.75, 3.05) is 18.4 Å². The van der Waals surface area contributed by atoms with E-state index < -0.39 is 0 Å². The van der Waals surface area contributed by atoms with Crippen LogP contribution in [-0.4, -0.2) is 29.0 Å². The van der Waals surface area contributed by atoms with Gasteiger partial charge in [0.2, 0.25) is 0 Å². The highest BCUT2D eigenvalue weighted by Crippen LogP contribution is 2.23. The Bertz CT molecular complexity index is 355. The lowest BCUT2D eigenvalue weighted by Gasteiger charge is -2.33. The fraction of sp³-hybridized carbons (Fsp3) is 0.688. The maximum absolute atomic E-state index is 4.46. The number of pyridine rings is 1. The maximum Gasteiger partial charge on any atom is 0.125 e. The Kier molecular flexibility index (Phi) is 5.64. The predicted molar refractivity (Wildman–Crippen MR) is 81.4 cm³/mol. The monoisotopic (exact) mass is 261 g/mol. The molecule has 1 aromatic heterocycles. The minimum absolute atomic E-state index is 0.784. The van der Waals surface area contributed by atoms with Gasteiger partial charge in [0.1, 0.15) is 5.82 Å². The molecule has 1 fully saturated rings. The lowest BCUT2D eigenvalue weighted by atomic mass is 9.94. The molecular formula is C16H27N3. The SMILES string of the molecule is CCNc1ccc(CN(CC)C2CCCCC2)cn1. The second-order valence-corrected chi connectivity index (χ2v) is 5.44. The van der Waals surface area contributed by atoms with Crippen LogP contribution in [0.1, 0.15) is 51.5 Å². The number of hydrogen-bond acceptors (Lipinski definition) is 3. The van der Waals surface area contributed by atoms with E-state index in [1.165, 1.54) is 37.7 Å². The molecule has 3 heteroatoms. The van der Waals surface area contributed by atoms with Crippen LogP contribution in [0.25, 0.3) is 0 Å². The summed E-state index contributed by atoms with van der Waals surface area (Å²) in [5, 5.41) is 3.24. The van der Waals surface area contributed by atoms with Crippen molar-refractivity contribution in [3.63, 3.8) is 0 Å². The molecule has 1 heterocycles. The van der Waals surface area contributed by atoms with Gasteiger partial charge in [0.15, 0.2) is 0 Å². The number of hydrogen-bond donors (Lipinski definition) is 1. The molecule has 0 saturated heterocycles. The molecule has 2 rings (SSSR count). The van der Waals surface area contributed by atoms with Crippen molar-refractivity contribution >= 4 is 5.82 Å². The van der Waals surface area contributed by atoms with Gasteiger partial charge in [0.05, 0.1) is 0 Å². The van der Waals surface area contributed by atoms with Gasteiger partial charge in [-0.3, -0.25) is 4.90 Å². The first-order valence-electron chi connectivity index (χ1n) is 7.76. The Labute approximate surface area is 117 Å². The molecule has 0 atom stereocenters. The Morgan fingerprint density at radius 1 is 1.21 bits per heavy atom. The van der Waals surface area contributed by atoms with Crippen LogP contribution in [0.5, 0.6) is 0 Å². The average Bonchev–Trinajstić information content (AvgIpc) is 2.48. The zero-order chi connectivity index (χ0) is 13.5. The van der Waals surface area contributed by atoms with Crippen LogP contribution >= 0.6 is 0 Å². The van der Waals surface area contributed by atoms with Crippen LogP contribution in [0.4, 0.5) is 5.82 Å². The Hall–Kier alpha value is -1.09. The van der Waals surface area contributed by atoms with E-state index in [2.05, 4.69) is 41.2 Å². The zero-order valence-electron chi connectivity index (χ0n) is 12.4. The van der Waals surface area contributed by atoms with Crippen molar-refractivity contribution in [1.29, 1.82) is 0 Å². The van der Waals surface area contributed by atoms with E-state index in [9.17, 15) is 0 Å². The minimum atomic E-state index is 0.784. The van der Waals surface area contributed by atoms with Crippen LogP contribution in [0.2, 0.25) is 0 Å².